The van der Waals surface area contributed by atoms with Gasteiger partial charge in [-0.15, -0.1) is 0 Å². The fraction of sp³-hybridized carbons (Fsp3) is 0.176. The van der Waals surface area contributed by atoms with Gasteiger partial charge in [0.15, 0.2) is 0 Å². The summed E-state index contributed by atoms with van der Waals surface area (Å²) in [6.45, 7) is -2.28. The maximum absolute atomic E-state index is 12.2. The number of anilines is 1. The molecule has 0 aliphatic carbocycles. The number of hydrogen-bond donors (Lipinski definition) is 3. The van der Waals surface area contributed by atoms with Crippen LogP contribution in [0.5, 0.6) is 5.75 Å². The summed E-state index contributed by atoms with van der Waals surface area (Å²) in [5.41, 5.74) is 2.52. The van der Waals surface area contributed by atoms with Crippen LogP contribution in [0, 0.1) is 0 Å². The lowest BCUT2D eigenvalue weighted by atomic mass is 10.1. The Labute approximate surface area is 142 Å². The standard InChI is InChI=1S/C17H15F2N3O3/c18-16(19)25-13-3-1-2-10(6-13)8-21-17(24)22-12-5-4-11-9-20-15(23)14(11)7-12/h1-7,16H,8-9H2,(H,20,23)(H2,21,22,24). The molecule has 0 atom stereocenters. The molecule has 3 N–H and O–H groups in total. The molecule has 0 saturated heterocycles. The Kier molecular flexibility index (Phi) is 4.78. The fourth-order valence-corrected chi connectivity index (χ4v) is 2.48. The molecule has 0 spiro atoms. The van der Waals surface area contributed by atoms with E-state index in [2.05, 4.69) is 20.7 Å². The van der Waals surface area contributed by atoms with Crippen molar-refractivity contribution in [2.75, 3.05) is 5.32 Å². The number of alkyl halides is 2. The van der Waals surface area contributed by atoms with Crippen LogP contribution in [0.3, 0.4) is 0 Å². The molecule has 3 amide bonds. The van der Waals surface area contributed by atoms with Gasteiger partial charge in [0, 0.05) is 24.3 Å². The third-order valence-electron chi connectivity index (χ3n) is 3.63. The van der Waals surface area contributed by atoms with Gasteiger partial charge >= 0.3 is 12.6 Å². The van der Waals surface area contributed by atoms with Crippen molar-refractivity contribution in [3.8, 4) is 5.75 Å². The number of carbonyl (C=O) groups is 2. The minimum absolute atomic E-state index is 0.0272. The Morgan fingerprint density at radius 2 is 2.08 bits per heavy atom. The van der Waals surface area contributed by atoms with E-state index in [1.165, 1.54) is 12.1 Å². The first-order valence-electron chi connectivity index (χ1n) is 7.51. The maximum Gasteiger partial charge on any atom is 0.387 e. The zero-order chi connectivity index (χ0) is 17.8. The topological polar surface area (TPSA) is 79.5 Å². The average Bonchev–Trinajstić information content (AvgIpc) is 2.94. The quantitative estimate of drug-likeness (QED) is 0.778. The zero-order valence-corrected chi connectivity index (χ0v) is 13.0. The number of hydrogen-bond acceptors (Lipinski definition) is 3. The van der Waals surface area contributed by atoms with E-state index in [1.54, 1.807) is 30.3 Å². The highest BCUT2D eigenvalue weighted by atomic mass is 19.3. The van der Waals surface area contributed by atoms with Gasteiger partial charge in [-0.05, 0) is 35.4 Å². The predicted molar refractivity (Wildman–Crippen MR) is 86.5 cm³/mol. The summed E-state index contributed by atoms with van der Waals surface area (Å²) >= 11 is 0. The highest BCUT2D eigenvalue weighted by Crippen LogP contribution is 2.20. The summed E-state index contributed by atoms with van der Waals surface area (Å²) in [5.74, 6) is -0.144. The van der Waals surface area contributed by atoms with Crippen molar-refractivity contribution in [2.24, 2.45) is 0 Å². The van der Waals surface area contributed by atoms with Crippen LogP contribution < -0.4 is 20.7 Å². The van der Waals surface area contributed by atoms with Gasteiger partial charge in [0.1, 0.15) is 5.75 Å². The molecule has 25 heavy (non-hydrogen) atoms. The lowest BCUT2D eigenvalue weighted by Gasteiger charge is -2.10. The molecule has 2 aromatic carbocycles. The second kappa shape index (κ2) is 7.16. The van der Waals surface area contributed by atoms with Crippen molar-refractivity contribution in [1.82, 2.24) is 10.6 Å². The summed E-state index contributed by atoms with van der Waals surface area (Å²) in [7, 11) is 0. The molecule has 2 aromatic rings. The van der Waals surface area contributed by atoms with Crippen LogP contribution >= 0.6 is 0 Å². The van der Waals surface area contributed by atoms with Crippen molar-refractivity contribution >= 4 is 17.6 Å². The van der Waals surface area contributed by atoms with Crippen molar-refractivity contribution in [3.63, 3.8) is 0 Å². The van der Waals surface area contributed by atoms with Crippen molar-refractivity contribution < 1.29 is 23.1 Å². The molecule has 0 unspecified atom stereocenters. The molecule has 0 radical (unpaired) electrons. The summed E-state index contributed by atoms with van der Waals surface area (Å²) in [6, 6.07) is 10.7. The first-order chi connectivity index (χ1) is 12.0. The number of amides is 3. The fourth-order valence-electron chi connectivity index (χ4n) is 2.48. The van der Waals surface area contributed by atoms with E-state index in [0.717, 1.165) is 5.56 Å². The van der Waals surface area contributed by atoms with E-state index in [1.807, 2.05) is 0 Å². The minimum atomic E-state index is -2.90. The second-order valence-corrected chi connectivity index (χ2v) is 5.39. The number of benzene rings is 2. The molecule has 1 heterocycles. The number of ether oxygens (including phenoxy) is 1. The average molecular weight is 347 g/mol. The molecule has 130 valence electrons. The van der Waals surface area contributed by atoms with Gasteiger partial charge in [-0.1, -0.05) is 18.2 Å². The van der Waals surface area contributed by atoms with Crippen molar-refractivity contribution in [3.05, 3.63) is 59.2 Å². The molecule has 1 aliphatic rings. The molecule has 0 bridgehead atoms. The van der Waals surface area contributed by atoms with E-state index in [4.69, 9.17) is 0 Å². The number of nitrogens with one attached hydrogen (secondary N) is 3. The number of carbonyl (C=O) groups excluding carboxylic acids is 2. The maximum atomic E-state index is 12.2. The zero-order valence-electron chi connectivity index (χ0n) is 13.0. The molecule has 6 nitrogen and oxygen atoms in total. The number of fused-ring (bicyclic) bond motifs is 1. The normalized spacial score (nSPS) is 12.5. The summed E-state index contributed by atoms with van der Waals surface area (Å²) < 4.78 is 28.7. The second-order valence-electron chi connectivity index (χ2n) is 5.39. The lowest BCUT2D eigenvalue weighted by molar-refractivity contribution is -0.0498. The van der Waals surface area contributed by atoms with E-state index in [-0.39, 0.29) is 18.2 Å². The first-order valence-corrected chi connectivity index (χ1v) is 7.51. The van der Waals surface area contributed by atoms with Gasteiger partial charge < -0.3 is 20.7 Å². The third-order valence-corrected chi connectivity index (χ3v) is 3.63. The summed E-state index contributed by atoms with van der Waals surface area (Å²) in [5, 5.41) is 7.94. The Hall–Kier alpha value is -3.16. The van der Waals surface area contributed by atoms with Gasteiger partial charge in [-0.3, -0.25) is 4.79 Å². The highest BCUT2D eigenvalue weighted by molar-refractivity contribution is 6.00. The van der Waals surface area contributed by atoms with Gasteiger partial charge in [0.2, 0.25) is 0 Å². The van der Waals surface area contributed by atoms with Gasteiger partial charge in [0.25, 0.3) is 5.91 Å². The van der Waals surface area contributed by atoms with Crippen LogP contribution in [0.15, 0.2) is 42.5 Å². The molecule has 0 aromatic heterocycles. The molecular formula is C17H15F2N3O3. The SMILES string of the molecule is O=C(NCc1cccc(OC(F)F)c1)Nc1ccc2c(c1)C(=O)NC2. The monoisotopic (exact) mass is 347 g/mol. The Morgan fingerprint density at radius 3 is 2.88 bits per heavy atom. The van der Waals surface area contributed by atoms with Crippen molar-refractivity contribution in [1.29, 1.82) is 0 Å². The molecule has 0 fully saturated rings. The van der Waals surface area contributed by atoms with Crippen LogP contribution in [-0.2, 0) is 13.1 Å². The molecule has 1 aliphatic heterocycles. The molecule has 0 saturated carbocycles. The first kappa shape index (κ1) is 16.7. The molecule has 8 heteroatoms. The van der Waals surface area contributed by atoms with E-state index < -0.39 is 12.6 Å². The predicted octanol–water partition coefficient (Wildman–Crippen LogP) is 2.85. The summed E-state index contributed by atoms with van der Waals surface area (Å²) in [6.07, 6.45) is 0. The number of urea groups is 1. The van der Waals surface area contributed by atoms with E-state index >= 15 is 0 Å². The van der Waals surface area contributed by atoms with Crippen molar-refractivity contribution in [2.45, 2.75) is 19.7 Å². The third kappa shape index (κ3) is 4.23. The Morgan fingerprint density at radius 1 is 1.24 bits per heavy atom. The molecule has 3 rings (SSSR count). The van der Waals surface area contributed by atoms with Gasteiger partial charge in [-0.25, -0.2) is 4.79 Å². The Balaban J connectivity index is 1.57. The minimum Gasteiger partial charge on any atom is -0.435 e. The van der Waals surface area contributed by atoms with Crippen LogP contribution in [-0.4, -0.2) is 18.5 Å². The van der Waals surface area contributed by atoms with Crippen LogP contribution in [0.2, 0.25) is 0 Å². The van der Waals surface area contributed by atoms with Crippen LogP contribution in [0.25, 0.3) is 0 Å². The van der Waals surface area contributed by atoms with Crippen LogP contribution in [0.1, 0.15) is 21.5 Å². The number of rotatable bonds is 5. The van der Waals surface area contributed by atoms with E-state index in [0.29, 0.717) is 23.4 Å². The molecular weight excluding hydrogens is 332 g/mol. The van der Waals surface area contributed by atoms with Crippen LogP contribution in [0.4, 0.5) is 19.3 Å². The Bertz CT molecular complexity index is 811. The smallest absolute Gasteiger partial charge is 0.387 e. The van der Waals surface area contributed by atoms with E-state index in [9.17, 15) is 18.4 Å². The van der Waals surface area contributed by atoms with Gasteiger partial charge in [-0.2, -0.15) is 8.78 Å². The summed E-state index contributed by atoms with van der Waals surface area (Å²) in [4.78, 5) is 23.6. The highest BCUT2D eigenvalue weighted by Gasteiger charge is 2.19. The largest absolute Gasteiger partial charge is 0.435 e. The lowest BCUT2D eigenvalue weighted by Crippen LogP contribution is -2.28. The van der Waals surface area contributed by atoms with Gasteiger partial charge in [0.05, 0.1) is 0 Å². The number of halogens is 2.